The van der Waals surface area contributed by atoms with Crippen LogP contribution in [-0.4, -0.2) is 10.9 Å². The van der Waals surface area contributed by atoms with Gasteiger partial charge in [0.1, 0.15) is 11.6 Å². The Kier molecular flexibility index (Phi) is 2.74. The Hall–Kier alpha value is -2.43. The van der Waals surface area contributed by atoms with Crippen LogP contribution < -0.4 is 11.5 Å². The lowest BCUT2D eigenvalue weighted by Crippen LogP contribution is -2.13. The molecule has 2 rings (SSSR count). The number of hydrogen-bond acceptors (Lipinski definition) is 3. The minimum atomic E-state index is -0.813. The molecule has 0 aliphatic carbocycles. The number of aromatic nitrogens is 1. The number of benzene rings is 1. The Bertz CT molecular complexity index is 584. The first-order valence-corrected chi connectivity index (χ1v) is 4.90. The summed E-state index contributed by atoms with van der Waals surface area (Å²) in [6.45, 7) is 0. The van der Waals surface area contributed by atoms with Crippen molar-refractivity contribution in [3.63, 3.8) is 0 Å². The zero-order valence-electron chi connectivity index (χ0n) is 8.85. The average molecular weight is 231 g/mol. The molecule has 4 nitrogen and oxygen atoms in total. The van der Waals surface area contributed by atoms with Crippen LogP contribution in [0.5, 0.6) is 0 Å². The molecular formula is C12H10FN3O. The largest absolute Gasteiger partial charge is 0.383 e. The topological polar surface area (TPSA) is 82.0 Å². The Balaban J connectivity index is 2.58. The summed E-state index contributed by atoms with van der Waals surface area (Å²) < 4.78 is 13.3. The van der Waals surface area contributed by atoms with Crippen molar-refractivity contribution >= 4 is 11.7 Å². The van der Waals surface area contributed by atoms with Crippen LogP contribution >= 0.6 is 0 Å². The maximum atomic E-state index is 13.3. The van der Waals surface area contributed by atoms with Gasteiger partial charge in [0.2, 0.25) is 0 Å². The van der Waals surface area contributed by atoms with Gasteiger partial charge in [0.15, 0.2) is 0 Å². The third-order valence-corrected chi connectivity index (χ3v) is 2.38. The third kappa shape index (κ3) is 2.08. The van der Waals surface area contributed by atoms with E-state index >= 15 is 0 Å². The first kappa shape index (κ1) is 11.1. The van der Waals surface area contributed by atoms with Crippen molar-refractivity contribution in [2.45, 2.75) is 0 Å². The number of carbonyl (C=O) groups is 1. The number of nitrogens with two attached hydrogens (primary N) is 2. The quantitative estimate of drug-likeness (QED) is 0.822. The highest BCUT2D eigenvalue weighted by Gasteiger charge is 2.11. The van der Waals surface area contributed by atoms with Gasteiger partial charge in [-0.05, 0) is 29.8 Å². The van der Waals surface area contributed by atoms with Gasteiger partial charge in [0.25, 0.3) is 5.91 Å². The molecule has 0 saturated carbocycles. The number of nitrogens with zero attached hydrogens (tertiary/aromatic N) is 1. The molecule has 1 heterocycles. The molecule has 1 aromatic carbocycles. The number of nitrogen functional groups attached to an aromatic ring is 1. The van der Waals surface area contributed by atoms with E-state index in [0.29, 0.717) is 16.9 Å². The molecule has 0 aliphatic heterocycles. The molecule has 0 spiro atoms. The van der Waals surface area contributed by atoms with Gasteiger partial charge in [-0.2, -0.15) is 0 Å². The molecule has 0 fully saturated rings. The van der Waals surface area contributed by atoms with Crippen LogP contribution in [-0.2, 0) is 0 Å². The van der Waals surface area contributed by atoms with E-state index in [-0.39, 0.29) is 5.56 Å². The van der Waals surface area contributed by atoms with E-state index in [4.69, 9.17) is 11.5 Å². The van der Waals surface area contributed by atoms with Crippen LogP contribution in [0.2, 0.25) is 0 Å². The average Bonchev–Trinajstić information content (AvgIpc) is 2.30. The highest BCUT2D eigenvalue weighted by Crippen LogP contribution is 2.25. The number of anilines is 1. The molecule has 0 unspecified atom stereocenters. The lowest BCUT2D eigenvalue weighted by molar-refractivity contribution is 0.0996. The van der Waals surface area contributed by atoms with E-state index in [2.05, 4.69) is 4.98 Å². The fraction of sp³-hybridized carbons (Fsp3) is 0. The van der Waals surface area contributed by atoms with Gasteiger partial charge in [-0.15, -0.1) is 0 Å². The van der Waals surface area contributed by atoms with Crippen LogP contribution in [0.4, 0.5) is 10.2 Å². The Morgan fingerprint density at radius 2 is 2.06 bits per heavy atom. The number of carbonyl (C=O) groups excluding carboxylic acids is 1. The summed E-state index contributed by atoms with van der Waals surface area (Å²) in [5.74, 6) is -1.15. The molecule has 1 aromatic heterocycles. The number of rotatable bonds is 2. The van der Waals surface area contributed by atoms with Gasteiger partial charge >= 0.3 is 0 Å². The van der Waals surface area contributed by atoms with Crippen LogP contribution in [0.3, 0.4) is 0 Å². The predicted molar refractivity (Wildman–Crippen MR) is 62.6 cm³/mol. The fourth-order valence-corrected chi connectivity index (χ4v) is 1.54. The predicted octanol–water partition coefficient (Wildman–Crippen LogP) is 1.57. The maximum absolute atomic E-state index is 13.3. The molecule has 0 radical (unpaired) electrons. The van der Waals surface area contributed by atoms with Gasteiger partial charge in [0.05, 0.1) is 5.56 Å². The minimum absolute atomic E-state index is 0.161. The van der Waals surface area contributed by atoms with E-state index in [1.54, 1.807) is 18.3 Å². The zero-order chi connectivity index (χ0) is 12.4. The second kappa shape index (κ2) is 4.21. The summed E-state index contributed by atoms with van der Waals surface area (Å²) in [6.07, 6.45) is 1.55. The first-order valence-electron chi connectivity index (χ1n) is 4.90. The van der Waals surface area contributed by atoms with Gasteiger partial charge < -0.3 is 11.5 Å². The summed E-state index contributed by atoms with van der Waals surface area (Å²) in [7, 11) is 0. The lowest BCUT2D eigenvalue weighted by Gasteiger charge is -2.06. The summed E-state index contributed by atoms with van der Waals surface area (Å²) in [5, 5.41) is 0. The van der Waals surface area contributed by atoms with Crippen molar-refractivity contribution < 1.29 is 9.18 Å². The molecule has 0 aliphatic rings. The Labute approximate surface area is 97.1 Å². The molecule has 17 heavy (non-hydrogen) atoms. The Morgan fingerprint density at radius 1 is 1.29 bits per heavy atom. The molecule has 1 amide bonds. The van der Waals surface area contributed by atoms with Gasteiger partial charge in [-0.3, -0.25) is 4.79 Å². The SMILES string of the molecule is NC(=O)c1cc(-c2cccnc2N)ccc1F. The second-order valence-electron chi connectivity index (χ2n) is 3.50. The van der Waals surface area contributed by atoms with Gasteiger partial charge in [-0.25, -0.2) is 9.37 Å². The van der Waals surface area contributed by atoms with Crippen LogP contribution in [0, 0.1) is 5.82 Å². The van der Waals surface area contributed by atoms with E-state index < -0.39 is 11.7 Å². The monoisotopic (exact) mass is 231 g/mol. The summed E-state index contributed by atoms with van der Waals surface area (Å²) in [6, 6.07) is 7.52. The second-order valence-corrected chi connectivity index (χ2v) is 3.50. The molecule has 5 heteroatoms. The minimum Gasteiger partial charge on any atom is -0.383 e. The van der Waals surface area contributed by atoms with Gasteiger partial charge in [-0.1, -0.05) is 6.07 Å². The molecule has 0 saturated heterocycles. The van der Waals surface area contributed by atoms with E-state index in [1.807, 2.05) is 0 Å². The third-order valence-electron chi connectivity index (χ3n) is 2.38. The molecular weight excluding hydrogens is 221 g/mol. The molecule has 86 valence electrons. The van der Waals surface area contributed by atoms with Crippen molar-refractivity contribution in [3.8, 4) is 11.1 Å². The standard InChI is InChI=1S/C12H10FN3O/c13-10-4-3-7(6-9(10)12(15)17)8-2-1-5-16-11(8)14/h1-6H,(H2,14,16)(H2,15,17). The van der Waals surface area contributed by atoms with Crippen LogP contribution in [0.25, 0.3) is 11.1 Å². The van der Waals surface area contributed by atoms with Crippen molar-refractivity contribution in [1.29, 1.82) is 0 Å². The highest BCUT2D eigenvalue weighted by molar-refractivity contribution is 5.94. The summed E-state index contributed by atoms with van der Waals surface area (Å²) in [5.41, 5.74) is 11.8. The number of hydrogen-bond donors (Lipinski definition) is 2. The number of pyridine rings is 1. The molecule has 4 N–H and O–H groups in total. The molecule has 2 aromatic rings. The van der Waals surface area contributed by atoms with Gasteiger partial charge in [0, 0.05) is 11.8 Å². The van der Waals surface area contributed by atoms with E-state index in [0.717, 1.165) is 0 Å². The fourth-order valence-electron chi connectivity index (χ4n) is 1.54. The van der Waals surface area contributed by atoms with Crippen LogP contribution in [0.15, 0.2) is 36.5 Å². The number of amides is 1. The van der Waals surface area contributed by atoms with Crippen molar-refractivity contribution in [1.82, 2.24) is 4.98 Å². The van der Waals surface area contributed by atoms with E-state index in [1.165, 1.54) is 18.2 Å². The van der Waals surface area contributed by atoms with Crippen LogP contribution in [0.1, 0.15) is 10.4 Å². The lowest BCUT2D eigenvalue weighted by atomic mass is 10.0. The zero-order valence-corrected chi connectivity index (χ0v) is 8.85. The van der Waals surface area contributed by atoms with Crippen molar-refractivity contribution in [2.75, 3.05) is 5.73 Å². The number of primary amides is 1. The summed E-state index contributed by atoms with van der Waals surface area (Å²) in [4.78, 5) is 14.9. The van der Waals surface area contributed by atoms with Crippen molar-refractivity contribution in [3.05, 3.63) is 47.9 Å². The first-order chi connectivity index (χ1) is 8.09. The molecule has 0 bridgehead atoms. The highest BCUT2D eigenvalue weighted by atomic mass is 19.1. The maximum Gasteiger partial charge on any atom is 0.251 e. The molecule has 0 atom stereocenters. The van der Waals surface area contributed by atoms with E-state index in [9.17, 15) is 9.18 Å². The summed E-state index contributed by atoms with van der Waals surface area (Å²) >= 11 is 0. The number of halogens is 1. The normalized spacial score (nSPS) is 10.2. The Morgan fingerprint density at radius 3 is 2.71 bits per heavy atom. The smallest absolute Gasteiger partial charge is 0.251 e. The van der Waals surface area contributed by atoms with Crippen molar-refractivity contribution in [2.24, 2.45) is 5.73 Å².